The number of β-amino-alcohol motifs (C(OH)–C–C–N with tert-alkyl or cyclic N) is 1. The van der Waals surface area contributed by atoms with Crippen LogP contribution >= 0.6 is 7.14 Å². The number of hydrogen-bond acceptors (Lipinski definition) is 3. The standard InChI is InChI=1S/C25H28NO2P/c27-23-17-16-22(26(19-23)18-21-10-4-1-5-11-21)20-29(28,24-12-6-2-7-13-24)25-14-8-3-9-15-25/h1-15,22-23,27H,16-20H2/t22-,23-/m1/s1. The van der Waals surface area contributed by atoms with Crippen LogP contribution in [0.25, 0.3) is 0 Å². The Kier molecular flexibility index (Phi) is 6.30. The SMILES string of the molecule is O=P(C[C@H]1CC[C@@H](O)CN1Cc1ccccc1)(c1ccccc1)c1ccccc1. The molecule has 4 heteroatoms. The molecule has 1 heterocycles. The molecule has 1 N–H and O–H groups in total. The van der Waals surface area contributed by atoms with E-state index in [9.17, 15) is 9.67 Å². The van der Waals surface area contributed by atoms with Gasteiger partial charge in [0.1, 0.15) is 7.14 Å². The van der Waals surface area contributed by atoms with E-state index in [-0.39, 0.29) is 12.1 Å². The van der Waals surface area contributed by atoms with Gasteiger partial charge in [-0.2, -0.15) is 0 Å². The van der Waals surface area contributed by atoms with Crippen LogP contribution in [-0.4, -0.2) is 34.9 Å². The molecular weight excluding hydrogens is 377 g/mol. The van der Waals surface area contributed by atoms with Gasteiger partial charge in [-0.3, -0.25) is 4.90 Å². The molecule has 29 heavy (non-hydrogen) atoms. The van der Waals surface area contributed by atoms with Gasteiger partial charge >= 0.3 is 0 Å². The fourth-order valence-electron chi connectivity index (χ4n) is 4.29. The molecule has 2 atom stereocenters. The zero-order valence-electron chi connectivity index (χ0n) is 16.6. The van der Waals surface area contributed by atoms with Crippen LogP contribution in [0.15, 0.2) is 91.0 Å². The van der Waals surface area contributed by atoms with E-state index in [2.05, 4.69) is 17.0 Å². The van der Waals surface area contributed by atoms with Crippen molar-refractivity contribution in [1.29, 1.82) is 0 Å². The van der Waals surface area contributed by atoms with Crippen molar-refractivity contribution in [2.24, 2.45) is 0 Å². The second-order valence-corrected chi connectivity index (χ2v) is 10.8. The number of aliphatic hydroxyl groups excluding tert-OH is 1. The molecule has 0 radical (unpaired) electrons. The van der Waals surface area contributed by atoms with Gasteiger partial charge in [0.05, 0.1) is 6.10 Å². The Labute approximate surface area is 173 Å². The number of likely N-dealkylation sites (tertiary alicyclic amines) is 1. The van der Waals surface area contributed by atoms with Crippen molar-refractivity contribution < 1.29 is 9.67 Å². The number of benzene rings is 3. The van der Waals surface area contributed by atoms with Gasteiger partial charge in [-0.15, -0.1) is 0 Å². The minimum Gasteiger partial charge on any atom is -0.392 e. The number of rotatable bonds is 6. The van der Waals surface area contributed by atoms with E-state index in [1.54, 1.807) is 0 Å². The Hall–Kier alpha value is -2.19. The summed E-state index contributed by atoms with van der Waals surface area (Å²) in [6, 6.07) is 30.3. The normalized spacial score (nSPS) is 20.4. The van der Waals surface area contributed by atoms with E-state index in [0.29, 0.717) is 12.7 Å². The summed E-state index contributed by atoms with van der Waals surface area (Å²) in [4.78, 5) is 2.32. The molecule has 150 valence electrons. The van der Waals surface area contributed by atoms with Crippen molar-refractivity contribution in [3.8, 4) is 0 Å². The predicted octanol–water partition coefficient (Wildman–Crippen LogP) is 4.03. The first-order valence-electron chi connectivity index (χ1n) is 10.3. The highest BCUT2D eigenvalue weighted by atomic mass is 31.2. The van der Waals surface area contributed by atoms with Crippen LogP contribution in [0, 0.1) is 0 Å². The van der Waals surface area contributed by atoms with Crippen molar-refractivity contribution in [1.82, 2.24) is 4.90 Å². The predicted molar refractivity (Wildman–Crippen MR) is 121 cm³/mol. The first-order chi connectivity index (χ1) is 14.1. The molecule has 1 fully saturated rings. The molecule has 4 rings (SSSR count). The minimum absolute atomic E-state index is 0.171. The summed E-state index contributed by atoms with van der Waals surface area (Å²) in [5.41, 5.74) is 1.22. The lowest BCUT2D eigenvalue weighted by Crippen LogP contribution is -2.47. The summed E-state index contributed by atoms with van der Waals surface area (Å²) in [5.74, 6) is 0. The Bertz CT molecular complexity index is 903. The highest BCUT2D eigenvalue weighted by Gasteiger charge is 2.36. The second kappa shape index (κ2) is 9.09. The van der Waals surface area contributed by atoms with E-state index in [4.69, 9.17) is 0 Å². The second-order valence-electron chi connectivity index (χ2n) is 7.89. The molecule has 0 saturated carbocycles. The van der Waals surface area contributed by atoms with Crippen molar-refractivity contribution in [3.05, 3.63) is 96.6 Å². The molecular formula is C25H28NO2P. The van der Waals surface area contributed by atoms with Gasteiger partial charge in [-0.25, -0.2) is 0 Å². The Morgan fingerprint density at radius 2 is 1.31 bits per heavy atom. The topological polar surface area (TPSA) is 40.5 Å². The quantitative estimate of drug-likeness (QED) is 0.630. The van der Waals surface area contributed by atoms with Gasteiger partial charge in [-0.1, -0.05) is 91.0 Å². The first-order valence-corrected chi connectivity index (χ1v) is 12.2. The van der Waals surface area contributed by atoms with Crippen LogP contribution in [0.1, 0.15) is 18.4 Å². The smallest absolute Gasteiger partial charge is 0.144 e. The third kappa shape index (κ3) is 4.70. The van der Waals surface area contributed by atoms with Gasteiger partial charge in [0.2, 0.25) is 0 Å². The van der Waals surface area contributed by atoms with Gasteiger partial charge in [0.15, 0.2) is 0 Å². The van der Waals surface area contributed by atoms with Crippen LogP contribution in [0.3, 0.4) is 0 Å². The van der Waals surface area contributed by atoms with Gasteiger partial charge in [0.25, 0.3) is 0 Å². The molecule has 0 unspecified atom stereocenters. The van der Waals surface area contributed by atoms with Gasteiger partial charge < -0.3 is 9.67 Å². The van der Waals surface area contributed by atoms with E-state index in [1.807, 2.05) is 78.9 Å². The molecule has 0 aromatic heterocycles. The maximum Gasteiger partial charge on any atom is 0.144 e. The van der Waals surface area contributed by atoms with Crippen molar-refractivity contribution >= 4 is 17.8 Å². The van der Waals surface area contributed by atoms with E-state index in [1.165, 1.54) is 5.56 Å². The zero-order valence-corrected chi connectivity index (χ0v) is 17.5. The molecule has 1 aliphatic heterocycles. The van der Waals surface area contributed by atoms with Crippen LogP contribution in [0.4, 0.5) is 0 Å². The van der Waals surface area contributed by atoms with Crippen LogP contribution < -0.4 is 10.6 Å². The highest BCUT2D eigenvalue weighted by Crippen LogP contribution is 2.46. The average molecular weight is 405 g/mol. The van der Waals surface area contributed by atoms with Crippen LogP contribution in [0.5, 0.6) is 0 Å². The number of piperidine rings is 1. The highest BCUT2D eigenvalue weighted by molar-refractivity contribution is 7.78. The lowest BCUT2D eigenvalue weighted by atomic mass is 10.0. The fourth-order valence-corrected chi connectivity index (χ4v) is 7.33. The van der Waals surface area contributed by atoms with Gasteiger partial charge in [-0.05, 0) is 18.4 Å². The lowest BCUT2D eigenvalue weighted by Gasteiger charge is -2.39. The van der Waals surface area contributed by atoms with Crippen molar-refractivity contribution in [3.63, 3.8) is 0 Å². The molecule has 0 aliphatic carbocycles. The van der Waals surface area contributed by atoms with Crippen LogP contribution in [0.2, 0.25) is 0 Å². The Morgan fingerprint density at radius 3 is 1.86 bits per heavy atom. The molecule has 3 nitrogen and oxygen atoms in total. The molecule has 1 aliphatic rings. The molecule has 0 amide bonds. The summed E-state index contributed by atoms with van der Waals surface area (Å²) in [6.45, 7) is 1.40. The largest absolute Gasteiger partial charge is 0.392 e. The van der Waals surface area contributed by atoms with E-state index >= 15 is 0 Å². The van der Waals surface area contributed by atoms with E-state index < -0.39 is 7.14 Å². The lowest BCUT2D eigenvalue weighted by molar-refractivity contribution is 0.0374. The average Bonchev–Trinajstić information content (AvgIpc) is 2.77. The first kappa shape index (κ1) is 20.1. The summed E-state index contributed by atoms with van der Waals surface area (Å²) in [6.07, 6.45) is 1.90. The summed E-state index contributed by atoms with van der Waals surface area (Å²) < 4.78 is 14.5. The maximum atomic E-state index is 14.5. The molecule has 0 bridgehead atoms. The maximum absolute atomic E-state index is 14.5. The number of nitrogens with zero attached hydrogens (tertiary/aromatic N) is 1. The Morgan fingerprint density at radius 1 is 0.793 bits per heavy atom. The monoisotopic (exact) mass is 405 g/mol. The number of aliphatic hydroxyl groups is 1. The molecule has 0 spiro atoms. The molecule has 3 aromatic rings. The fraction of sp³-hybridized carbons (Fsp3) is 0.280. The minimum atomic E-state index is -2.78. The molecule has 1 saturated heterocycles. The summed E-state index contributed by atoms with van der Waals surface area (Å²) >= 11 is 0. The summed E-state index contributed by atoms with van der Waals surface area (Å²) in [7, 11) is -2.78. The third-order valence-electron chi connectivity index (χ3n) is 5.84. The molecule has 3 aromatic carbocycles. The van der Waals surface area contributed by atoms with Gasteiger partial charge in [0, 0.05) is 35.9 Å². The zero-order chi connectivity index (χ0) is 20.1. The van der Waals surface area contributed by atoms with Crippen molar-refractivity contribution in [2.45, 2.75) is 31.5 Å². The third-order valence-corrected chi connectivity index (χ3v) is 9.04. The van der Waals surface area contributed by atoms with Crippen LogP contribution in [-0.2, 0) is 11.1 Å². The van der Waals surface area contributed by atoms with Crippen molar-refractivity contribution in [2.75, 3.05) is 12.7 Å². The summed E-state index contributed by atoms with van der Waals surface area (Å²) in [5, 5.41) is 12.1. The Balaban J connectivity index is 1.66. The number of hydrogen-bond donors (Lipinski definition) is 1. The van der Waals surface area contributed by atoms with E-state index in [0.717, 1.165) is 30.0 Å².